The first kappa shape index (κ1) is 41.2. The lowest BCUT2D eigenvalue weighted by Gasteiger charge is -2.45. The van der Waals surface area contributed by atoms with E-state index < -0.39 is 78.0 Å². The van der Waals surface area contributed by atoms with Crippen LogP contribution in [-0.4, -0.2) is 78.0 Å². The smallest absolute Gasteiger partial charge is 0.351 e. The minimum atomic E-state index is -3.06. The van der Waals surface area contributed by atoms with Crippen LogP contribution in [-0.2, 0) is 32.9 Å². The second kappa shape index (κ2) is 15.7. The highest BCUT2D eigenvalue weighted by molar-refractivity contribution is 6.98. The minimum absolute atomic E-state index is 1.06. The van der Waals surface area contributed by atoms with E-state index in [1.807, 2.05) is 24.3 Å². The quantitative estimate of drug-likeness (QED) is 0.158. The molecule has 0 radical (unpaired) electrons. The van der Waals surface area contributed by atoms with E-state index in [-0.39, 0.29) is 0 Å². The van der Waals surface area contributed by atoms with Crippen molar-refractivity contribution in [2.75, 3.05) is 0 Å². The lowest BCUT2D eigenvalue weighted by Crippen LogP contribution is -2.68. The molecule has 0 saturated heterocycles. The van der Waals surface area contributed by atoms with Gasteiger partial charge in [-0.1, -0.05) is 60.7 Å². The van der Waals surface area contributed by atoms with Gasteiger partial charge in [-0.3, -0.25) is 0 Å². The van der Waals surface area contributed by atoms with Crippen LogP contribution >= 0.6 is 0 Å². The fourth-order valence-corrected chi connectivity index (χ4v) is 47.4. The van der Waals surface area contributed by atoms with Crippen molar-refractivity contribution in [3.8, 4) is 0 Å². The zero-order valence-electron chi connectivity index (χ0n) is 30.7. The standard InChI is InChI=1S/C28H60O8Si9/c1-37(2)29-39(5,6)31-40(7,8)32-41(9,10)33-42(11,12)34-43(13,14)35-45(16,28-25-21-18-22-26-28)36-44(15,30-38(3)4)27-23-19-17-20-24-27/h17-26,37-38H,1-16H3. The van der Waals surface area contributed by atoms with Gasteiger partial charge in [0.15, 0.2) is 18.1 Å². The van der Waals surface area contributed by atoms with Crippen LogP contribution in [0.2, 0.25) is 105 Å². The molecule has 2 aromatic rings. The second-order valence-electron chi connectivity index (χ2n) is 14.6. The molecule has 0 bridgehead atoms. The van der Waals surface area contributed by atoms with Crippen LogP contribution in [0.25, 0.3) is 0 Å². The molecule has 8 nitrogen and oxygen atoms in total. The average molecular weight is 778 g/mol. The van der Waals surface area contributed by atoms with Crippen LogP contribution in [0, 0.1) is 0 Å². The predicted molar refractivity (Wildman–Crippen MR) is 209 cm³/mol. The van der Waals surface area contributed by atoms with E-state index in [0.29, 0.717) is 0 Å². The summed E-state index contributed by atoms with van der Waals surface area (Å²) in [6, 6.07) is 20.7. The summed E-state index contributed by atoms with van der Waals surface area (Å²) in [6.07, 6.45) is 0. The Labute approximate surface area is 285 Å². The summed E-state index contributed by atoms with van der Waals surface area (Å²) in [6.45, 7) is 34.0. The fourth-order valence-electron chi connectivity index (χ4n) is 6.10. The number of rotatable bonds is 18. The lowest BCUT2D eigenvalue weighted by molar-refractivity contribution is 0.263. The molecular weight excluding hydrogens is 717 g/mol. The molecule has 0 fully saturated rings. The van der Waals surface area contributed by atoms with E-state index in [9.17, 15) is 0 Å². The van der Waals surface area contributed by atoms with Crippen molar-refractivity contribution in [3.05, 3.63) is 60.7 Å². The Hall–Kier alpha value is 0.0719. The van der Waals surface area contributed by atoms with Crippen LogP contribution in [0.5, 0.6) is 0 Å². The van der Waals surface area contributed by atoms with E-state index in [0.717, 1.165) is 10.4 Å². The molecule has 0 aromatic heterocycles. The Morgan fingerprint density at radius 2 is 0.667 bits per heavy atom. The summed E-state index contributed by atoms with van der Waals surface area (Å²) in [5.74, 6) is 0. The summed E-state index contributed by atoms with van der Waals surface area (Å²) < 4.78 is 54.5. The molecule has 0 spiro atoms. The summed E-state index contributed by atoms with van der Waals surface area (Å²) in [5.41, 5.74) is 0. The van der Waals surface area contributed by atoms with Crippen molar-refractivity contribution in [1.29, 1.82) is 0 Å². The molecule has 45 heavy (non-hydrogen) atoms. The van der Waals surface area contributed by atoms with Gasteiger partial charge in [0, 0.05) is 0 Å². The molecule has 2 atom stereocenters. The summed E-state index contributed by atoms with van der Waals surface area (Å²) in [4.78, 5) is 0. The highest BCUT2D eigenvalue weighted by atomic mass is 28.5. The first-order valence-corrected chi connectivity index (χ1v) is 40.2. The first-order valence-electron chi connectivity index (χ1n) is 16.0. The SMILES string of the molecule is C[SiH](C)O[Si](C)(C)O[Si](C)(C)O[Si](C)(C)O[Si](C)(C)O[Si](C)(C)O[Si](C)(O[Si](C)(O[SiH](C)C)c1ccccc1)c1ccccc1. The molecular formula is C28H60O8Si9. The van der Waals surface area contributed by atoms with Crippen LogP contribution in [0.4, 0.5) is 0 Å². The molecule has 0 saturated carbocycles. The van der Waals surface area contributed by atoms with E-state index >= 15 is 0 Å². The fraction of sp³-hybridized carbons (Fsp3) is 0.571. The van der Waals surface area contributed by atoms with Crippen LogP contribution < -0.4 is 10.4 Å². The Morgan fingerprint density at radius 3 is 1.02 bits per heavy atom. The lowest BCUT2D eigenvalue weighted by atomic mass is 10.4. The Bertz CT molecular complexity index is 1200. The highest BCUT2D eigenvalue weighted by Crippen LogP contribution is 2.29. The van der Waals surface area contributed by atoms with Crippen molar-refractivity contribution in [1.82, 2.24) is 0 Å². The zero-order valence-corrected chi connectivity index (χ0v) is 40.0. The van der Waals surface area contributed by atoms with Crippen molar-refractivity contribution in [3.63, 3.8) is 0 Å². The monoisotopic (exact) mass is 776 g/mol. The molecule has 0 aliphatic carbocycles. The Morgan fingerprint density at radius 1 is 0.356 bits per heavy atom. The van der Waals surface area contributed by atoms with Gasteiger partial charge < -0.3 is 32.9 Å². The van der Waals surface area contributed by atoms with Gasteiger partial charge in [-0.15, -0.1) is 0 Å². The first-order chi connectivity index (χ1) is 20.3. The van der Waals surface area contributed by atoms with Crippen molar-refractivity contribution in [2.24, 2.45) is 0 Å². The number of hydrogen-bond acceptors (Lipinski definition) is 8. The minimum Gasteiger partial charge on any atom is -0.440 e. The summed E-state index contributed by atoms with van der Waals surface area (Å²) >= 11 is 0. The predicted octanol–water partition coefficient (Wildman–Crippen LogP) is 6.55. The van der Waals surface area contributed by atoms with Gasteiger partial charge in [-0.05, 0) is 115 Å². The number of hydrogen-bond donors (Lipinski definition) is 0. The molecule has 0 aliphatic rings. The normalized spacial score (nSPS) is 16.6. The third kappa shape index (κ3) is 14.2. The number of benzene rings is 2. The van der Waals surface area contributed by atoms with Crippen molar-refractivity contribution >= 4 is 88.4 Å². The van der Waals surface area contributed by atoms with Crippen molar-refractivity contribution in [2.45, 2.75) is 105 Å². The Kier molecular flexibility index (Phi) is 14.4. The van der Waals surface area contributed by atoms with Gasteiger partial charge in [0.1, 0.15) is 0 Å². The van der Waals surface area contributed by atoms with Gasteiger partial charge >= 0.3 is 59.9 Å². The third-order valence-corrected chi connectivity index (χ3v) is 39.3. The molecule has 0 N–H and O–H groups in total. The molecule has 17 heteroatoms. The summed E-state index contributed by atoms with van der Waals surface area (Å²) in [5, 5.41) is 2.16. The summed E-state index contributed by atoms with van der Waals surface area (Å²) in [7, 11) is -21.6. The molecule has 2 rings (SSSR count). The molecule has 0 aliphatic heterocycles. The highest BCUT2D eigenvalue weighted by Gasteiger charge is 2.52. The van der Waals surface area contributed by atoms with E-state index in [2.05, 4.69) is 141 Å². The van der Waals surface area contributed by atoms with E-state index in [4.69, 9.17) is 32.9 Å². The van der Waals surface area contributed by atoms with Gasteiger partial charge in [0.25, 0.3) is 0 Å². The van der Waals surface area contributed by atoms with Gasteiger partial charge in [-0.2, -0.15) is 0 Å². The van der Waals surface area contributed by atoms with E-state index in [1.165, 1.54) is 0 Å². The van der Waals surface area contributed by atoms with Crippen LogP contribution in [0.1, 0.15) is 0 Å². The average Bonchev–Trinajstić information content (AvgIpc) is 2.80. The molecule has 2 unspecified atom stereocenters. The maximum Gasteiger partial charge on any atom is 0.351 e. The molecule has 0 amide bonds. The van der Waals surface area contributed by atoms with Crippen LogP contribution in [0.3, 0.4) is 0 Å². The van der Waals surface area contributed by atoms with Gasteiger partial charge in [0.2, 0.25) is 0 Å². The maximum absolute atomic E-state index is 7.26. The topological polar surface area (TPSA) is 73.8 Å². The third-order valence-electron chi connectivity index (χ3n) is 6.37. The van der Waals surface area contributed by atoms with Crippen molar-refractivity contribution < 1.29 is 32.9 Å². The molecule has 2 aromatic carbocycles. The molecule has 0 heterocycles. The van der Waals surface area contributed by atoms with Crippen LogP contribution in [0.15, 0.2) is 60.7 Å². The second-order valence-corrected chi connectivity index (χ2v) is 44.5. The van der Waals surface area contributed by atoms with E-state index in [1.54, 1.807) is 0 Å². The van der Waals surface area contributed by atoms with Gasteiger partial charge in [0.05, 0.1) is 0 Å². The molecule has 256 valence electrons. The zero-order chi connectivity index (χ0) is 34.5. The van der Waals surface area contributed by atoms with Gasteiger partial charge in [-0.25, -0.2) is 0 Å². The maximum atomic E-state index is 7.26. The largest absolute Gasteiger partial charge is 0.440 e. The Balaban J connectivity index is 2.33.